The molecule has 11 nitrogen and oxygen atoms in total. The van der Waals surface area contributed by atoms with Crippen LogP contribution < -0.4 is 0 Å². The van der Waals surface area contributed by atoms with Gasteiger partial charge in [0.2, 0.25) is 6.79 Å². The van der Waals surface area contributed by atoms with Crippen LogP contribution in [-0.2, 0) is 43.0 Å². The first kappa shape index (κ1) is 17.0. The number of carbonyl (C=O) groups excluding carboxylic acids is 4. The van der Waals surface area contributed by atoms with Crippen molar-refractivity contribution in [1.29, 1.82) is 0 Å². The number of carboxylic acids is 2. The van der Waals surface area contributed by atoms with Crippen LogP contribution in [0.4, 0.5) is 0 Å². The summed E-state index contributed by atoms with van der Waals surface area (Å²) >= 11 is 0. The molecule has 0 atom stereocenters. The third-order valence-electron chi connectivity index (χ3n) is 1.86. The van der Waals surface area contributed by atoms with Crippen molar-refractivity contribution >= 4 is 36.6 Å². The lowest BCUT2D eigenvalue weighted by atomic mass is 9.88. The number of hydrogen-bond acceptors (Lipinski definition) is 9. The molecule has 0 rings (SSSR count). The molecular weight excluding hydrogens is 284 g/mol. The van der Waals surface area contributed by atoms with Gasteiger partial charge in [-0.15, -0.1) is 0 Å². The Balaban J connectivity index is 5.43. The average Bonchev–Trinajstić information content (AvgIpc) is 2.36. The quantitative estimate of drug-likeness (QED) is 0.152. The van der Waals surface area contributed by atoms with Crippen LogP contribution >= 0.6 is 0 Å². The van der Waals surface area contributed by atoms with Crippen molar-refractivity contribution in [2.45, 2.75) is 0 Å². The van der Waals surface area contributed by atoms with Gasteiger partial charge in [-0.25, -0.2) is 19.2 Å². The van der Waals surface area contributed by atoms with Crippen molar-refractivity contribution in [2.75, 3.05) is 13.4 Å². The molecule has 11 heteroatoms. The Kier molecular flexibility index (Phi) is 6.34. The monoisotopic (exact) mass is 292 g/mol. The lowest BCUT2D eigenvalue weighted by Gasteiger charge is -2.20. The maximum Gasteiger partial charge on any atom is 0.355 e. The van der Waals surface area contributed by atoms with E-state index in [4.69, 9.17) is 10.2 Å². The number of rotatable bonds is 9. The predicted molar refractivity (Wildman–Crippen MR) is 52.8 cm³/mol. The lowest BCUT2D eigenvalue weighted by Crippen LogP contribution is -2.54. The zero-order chi connectivity index (χ0) is 15.8. The van der Waals surface area contributed by atoms with Crippen LogP contribution in [0.15, 0.2) is 0 Å². The molecule has 0 unspecified atom stereocenters. The molecule has 0 aliphatic carbocycles. The highest BCUT2D eigenvalue weighted by molar-refractivity contribution is 6.32. The van der Waals surface area contributed by atoms with E-state index in [0.29, 0.717) is 0 Å². The summed E-state index contributed by atoms with van der Waals surface area (Å²) in [7, 11) is 0. The molecule has 0 aliphatic rings. The van der Waals surface area contributed by atoms with Gasteiger partial charge < -0.3 is 24.4 Å². The second-order valence-electron chi connectivity index (χ2n) is 2.94. The van der Waals surface area contributed by atoms with Crippen LogP contribution in [-0.4, -0.2) is 60.2 Å². The first-order chi connectivity index (χ1) is 9.35. The minimum atomic E-state index is -3.73. The van der Waals surface area contributed by atoms with E-state index >= 15 is 0 Å². The smallest absolute Gasteiger partial charge is 0.355 e. The third kappa shape index (κ3) is 3.28. The van der Waals surface area contributed by atoms with Crippen LogP contribution in [0.5, 0.6) is 0 Å². The van der Waals surface area contributed by atoms with Crippen LogP contribution in [0.3, 0.4) is 0 Å². The van der Waals surface area contributed by atoms with Gasteiger partial charge in [-0.2, -0.15) is 0 Å². The van der Waals surface area contributed by atoms with Gasteiger partial charge in [0.15, 0.2) is 6.29 Å². The summed E-state index contributed by atoms with van der Waals surface area (Å²) in [6, 6.07) is 0. The fraction of sp³-hybridized carbons (Fsp3) is 0.333. The maximum absolute atomic E-state index is 11.5. The van der Waals surface area contributed by atoms with Crippen molar-refractivity contribution in [1.82, 2.24) is 0 Å². The van der Waals surface area contributed by atoms with Gasteiger partial charge in [-0.05, 0) is 0 Å². The number of aldehydes is 1. The van der Waals surface area contributed by atoms with Crippen LogP contribution in [0.25, 0.3) is 0 Å². The van der Waals surface area contributed by atoms with Crippen LogP contribution in [0, 0.1) is 5.41 Å². The predicted octanol–water partition coefficient (Wildman–Crippen LogP) is -2.44. The molecule has 0 heterocycles. The Morgan fingerprint density at radius 3 is 1.85 bits per heavy atom. The summed E-state index contributed by atoms with van der Waals surface area (Å²) in [5.41, 5.74) is -3.73. The summed E-state index contributed by atoms with van der Waals surface area (Å²) in [5, 5.41) is 17.6. The van der Waals surface area contributed by atoms with E-state index in [1.807, 2.05) is 0 Å². The second-order valence-corrected chi connectivity index (χ2v) is 2.94. The standard InChI is InChI=1S/C9H8O11/c10-1-2-19-7(16)9(5(12)13,6(14)15)8(17)20-4-18-3-11/h1,3H,2,4H2,(H,12,13)(H,14,15). The molecule has 0 fully saturated rings. The highest BCUT2D eigenvalue weighted by Crippen LogP contribution is 2.23. The van der Waals surface area contributed by atoms with Gasteiger partial charge in [0.05, 0.1) is 0 Å². The number of hydrogen-bond donors (Lipinski definition) is 2. The maximum atomic E-state index is 11.5. The largest absolute Gasteiger partial charge is 0.480 e. The van der Waals surface area contributed by atoms with E-state index in [0.717, 1.165) is 0 Å². The summed E-state index contributed by atoms with van der Waals surface area (Å²) in [5.74, 6) is -8.86. The van der Waals surface area contributed by atoms with Crippen LogP contribution in [0.1, 0.15) is 0 Å². The Morgan fingerprint density at radius 2 is 1.45 bits per heavy atom. The van der Waals surface area contributed by atoms with Gasteiger partial charge in [0.1, 0.15) is 6.61 Å². The fourth-order valence-corrected chi connectivity index (χ4v) is 0.966. The number of carboxylic acid groups (broad SMARTS) is 2. The molecule has 0 saturated carbocycles. The minimum absolute atomic E-state index is 0.0349. The molecule has 0 amide bonds. The fourth-order valence-electron chi connectivity index (χ4n) is 0.966. The topological polar surface area (TPSA) is 171 Å². The molecule has 0 aromatic rings. The molecule has 2 N–H and O–H groups in total. The van der Waals surface area contributed by atoms with Crippen molar-refractivity contribution in [3.8, 4) is 0 Å². The minimum Gasteiger partial charge on any atom is -0.480 e. The summed E-state index contributed by atoms with van der Waals surface area (Å²) in [6.07, 6.45) is 0.0349. The average molecular weight is 292 g/mol. The number of ether oxygens (including phenoxy) is 3. The van der Waals surface area contributed by atoms with E-state index < -0.39 is 42.7 Å². The highest BCUT2D eigenvalue weighted by Gasteiger charge is 2.64. The number of esters is 2. The van der Waals surface area contributed by atoms with E-state index in [9.17, 15) is 28.8 Å². The first-order valence-corrected chi connectivity index (χ1v) is 4.65. The zero-order valence-corrected chi connectivity index (χ0v) is 9.64. The molecule has 0 bridgehead atoms. The molecule has 20 heavy (non-hydrogen) atoms. The normalized spacial score (nSPS) is 10.0. The molecule has 0 aromatic heterocycles. The zero-order valence-electron chi connectivity index (χ0n) is 9.64. The summed E-state index contributed by atoms with van der Waals surface area (Å²) < 4.78 is 12.0. The van der Waals surface area contributed by atoms with Crippen molar-refractivity contribution in [2.24, 2.45) is 5.41 Å². The van der Waals surface area contributed by atoms with E-state index in [2.05, 4.69) is 14.2 Å². The second kappa shape index (κ2) is 7.45. The van der Waals surface area contributed by atoms with Crippen molar-refractivity contribution in [3.63, 3.8) is 0 Å². The SMILES string of the molecule is O=CCOC(=O)C(C(=O)O)(C(=O)O)C(=O)OCOC=O. The molecule has 0 saturated heterocycles. The van der Waals surface area contributed by atoms with Gasteiger partial charge in [-0.1, -0.05) is 0 Å². The molecule has 0 spiro atoms. The number of aliphatic carboxylic acids is 2. The Bertz CT molecular complexity index is 423. The van der Waals surface area contributed by atoms with Crippen molar-refractivity contribution in [3.05, 3.63) is 0 Å². The van der Waals surface area contributed by atoms with Gasteiger partial charge >= 0.3 is 29.3 Å². The van der Waals surface area contributed by atoms with Crippen LogP contribution in [0.2, 0.25) is 0 Å². The molecule has 0 radical (unpaired) electrons. The lowest BCUT2D eigenvalue weighted by molar-refractivity contribution is -0.192. The summed E-state index contributed by atoms with van der Waals surface area (Å²) in [4.78, 5) is 64.6. The third-order valence-corrected chi connectivity index (χ3v) is 1.86. The Morgan fingerprint density at radius 1 is 0.950 bits per heavy atom. The Labute approximate surface area is 110 Å². The van der Waals surface area contributed by atoms with E-state index in [1.54, 1.807) is 0 Å². The molecule has 110 valence electrons. The van der Waals surface area contributed by atoms with E-state index in [1.165, 1.54) is 0 Å². The van der Waals surface area contributed by atoms with Gasteiger partial charge in [-0.3, -0.25) is 9.59 Å². The van der Waals surface area contributed by atoms with Gasteiger partial charge in [0, 0.05) is 0 Å². The highest BCUT2D eigenvalue weighted by atomic mass is 16.7. The van der Waals surface area contributed by atoms with Crippen molar-refractivity contribution < 1.29 is 53.2 Å². The molecule has 0 aromatic carbocycles. The Hall–Kier alpha value is -2.98. The summed E-state index contributed by atoms with van der Waals surface area (Å²) in [6.45, 7) is -2.23. The van der Waals surface area contributed by atoms with E-state index in [-0.39, 0.29) is 12.8 Å². The molecule has 0 aliphatic heterocycles. The number of carbonyl (C=O) groups is 6. The first-order valence-electron chi connectivity index (χ1n) is 4.65. The van der Waals surface area contributed by atoms with Gasteiger partial charge in [0.25, 0.3) is 6.47 Å². The molecular formula is C9H8O11.